The molecule has 76 valence electrons. The van der Waals surface area contributed by atoms with Gasteiger partial charge in [-0.05, 0) is 31.1 Å². The first-order chi connectivity index (χ1) is 6.12. The molecule has 0 amide bonds. The highest BCUT2D eigenvalue weighted by Crippen LogP contribution is 2.41. The van der Waals surface area contributed by atoms with E-state index in [1.165, 1.54) is 0 Å². The van der Waals surface area contributed by atoms with Crippen molar-refractivity contribution in [2.24, 2.45) is 5.41 Å². The molecule has 2 aliphatic heterocycles. The van der Waals surface area contributed by atoms with Crippen molar-refractivity contribution < 1.29 is 8.95 Å². The lowest BCUT2D eigenvalue weighted by molar-refractivity contribution is 0.00982. The molecular weight excluding hydrogens is 186 g/mol. The van der Waals surface area contributed by atoms with E-state index >= 15 is 0 Å². The predicted molar refractivity (Wildman–Crippen MR) is 52.3 cm³/mol. The molecule has 3 nitrogen and oxygen atoms in total. The van der Waals surface area contributed by atoms with Gasteiger partial charge in [-0.1, -0.05) is 0 Å². The molecule has 0 aromatic carbocycles. The summed E-state index contributed by atoms with van der Waals surface area (Å²) in [6.45, 7) is 1.72. The van der Waals surface area contributed by atoms with E-state index in [-0.39, 0.29) is 0 Å². The molecule has 1 N–H and O–H groups in total. The van der Waals surface area contributed by atoms with Gasteiger partial charge in [0.1, 0.15) is 0 Å². The summed E-state index contributed by atoms with van der Waals surface area (Å²) in [7, 11) is -2.20. The van der Waals surface area contributed by atoms with Crippen LogP contribution in [0.5, 0.6) is 0 Å². The Morgan fingerprint density at radius 1 is 1.08 bits per heavy atom. The average molecular weight is 203 g/mol. The van der Waals surface area contributed by atoms with Crippen LogP contribution in [0.15, 0.2) is 0 Å². The first-order valence-corrected chi connectivity index (χ1v) is 6.84. The Morgan fingerprint density at radius 2 is 1.62 bits per heavy atom. The minimum Gasteiger partial charge on any atom is -0.381 e. The number of rotatable bonds is 0. The molecule has 0 saturated carbocycles. The lowest BCUT2D eigenvalue weighted by atomic mass is 9.75. The molecule has 4 heteroatoms. The second-order valence-corrected chi connectivity index (χ2v) is 6.77. The van der Waals surface area contributed by atoms with Crippen LogP contribution in [0.1, 0.15) is 25.7 Å². The van der Waals surface area contributed by atoms with E-state index in [0.717, 1.165) is 38.9 Å². The minimum absolute atomic E-state index is 0.389. The highest BCUT2D eigenvalue weighted by Gasteiger charge is 2.36. The largest absolute Gasteiger partial charge is 0.381 e. The summed E-state index contributed by atoms with van der Waals surface area (Å²) in [5.74, 6) is 1.24. The molecule has 0 aromatic heterocycles. The fourth-order valence-corrected chi connectivity index (χ4v) is 4.02. The van der Waals surface area contributed by atoms with Crippen LogP contribution in [-0.2, 0) is 14.5 Å². The summed E-state index contributed by atoms with van der Waals surface area (Å²) in [4.78, 5) is 0. The number of hydrogen-bond acceptors (Lipinski definition) is 3. The molecule has 0 aliphatic carbocycles. The molecule has 0 bridgehead atoms. The van der Waals surface area contributed by atoms with Crippen molar-refractivity contribution in [3.05, 3.63) is 0 Å². The fourth-order valence-electron chi connectivity index (χ4n) is 2.29. The van der Waals surface area contributed by atoms with Gasteiger partial charge in [0.05, 0.1) is 0 Å². The van der Waals surface area contributed by atoms with E-state index in [4.69, 9.17) is 9.52 Å². The van der Waals surface area contributed by atoms with Gasteiger partial charge >= 0.3 is 0 Å². The van der Waals surface area contributed by atoms with Crippen molar-refractivity contribution in [3.8, 4) is 0 Å². The van der Waals surface area contributed by atoms with Crippen molar-refractivity contribution in [1.29, 1.82) is 4.78 Å². The maximum Gasteiger partial charge on any atom is 0.0471 e. The van der Waals surface area contributed by atoms with Crippen LogP contribution in [0, 0.1) is 10.2 Å². The van der Waals surface area contributed by atoms with E-state index in [0.29, 0.717) is 16.9 Å². The Balaban J connectivity index is 2.03. The normalized spacial score (nSPS) is 31.7. The monoisotopic (exact) mass is 203 g/mol. The van der Waals surface area contributed by atoms with Gasteiger partial charge < -0.3 is 4.74 Å². The Bertz CT molecular complexity index is 262. The third-order valence-electron chi connectivity index (χ3n) is 3.48. The molecule has 2 fully saturated rings. The summed E-state index contributed by atoms with van der Waals surface area (Å²) in [5.41, 5.74) is 0.389. The lowest BCUT2D eigenvalue weighted by Crippen LogP contribution is -2.37. The van der Waals surface area contributed by atoms with Crippen LogP contribution in [0.4, 0.5) is 0 Å². The zero-order valence-corrected chi connectivity index (χ0v) is 8.70. The van der Waals surface area contributed by atoms with Crippen LogP contribution in [0.25, 0.3) is 0 Å². The molecule has 0 radical (unpaired) electrons. The van der Waals surface area contributed by atoms with Gasteiger partial charge in [-0.25, -0.2) is 4.21 Å². The van der Waals surface area contributed by atoms with Gasteiger partial charge in [-0.3, -0.25) is 4.78 Å². The summed E-state index contributed by atoms with van der Waals surface area (Å²) in [6, 6.07) is 0. The maximum atomic E-state index is 11.5. The topological polar surface area (TPSA) is 50.2 Å². The third-order valence-corrected chi connectivity index (χ3v) is 5.20. The van der Waals surface area contributed by atoms with E-state index in [9.17, 15) is 4.21 Å². The predicted octanol–water partition coefficient (Wildman–Crippen LogP) is 1.62. The molecule has 0 aromatic rings. The van der Waals surface area contributed by atoms with Crippen LogP contribution in [0.3, 0.4) is 0 Å². The fraction of sp³-hybridized carbons (Fsp3) is 1.00. The first kappa shape index (κ1) is 9.46. The second kappa shape index (κ2) is 3.24. The molecule has 2 aliphatic rings. The van der Waals surface area contributed by atoms with E-state index in [2.05, 4.69) is 0 Å². The van der Waals surface area contributed by atoms with E-state index in [1.54, 1.807) is 0 Å². The quantitative estimate of drug-likeness (QED) is 0.650. The average Bonchev–Trinajstić information content (AvgIpc) is 2.13. The Kier molecular flexibility index (Phi) is 2.36. The van der Waals surface area contributed by atoms with E-state index < -0.39 is 9.73 Å². The third kappa shape index (κ3) is 2.05. The molecule has 2 heterocycles. The summed E-state index contributed by atoms with van der Waals surface area (Å²) in [5, 5.41) is 0. The smallest absolute Gasteiger partial charge is 0.0471 e. The molecular formula is C9H17NO2S. The van der Waals surface area contributed by atoms with Crippen LogP contribution >= 0.6 is 0 Å². The maximum absolute atomic E-state index is 11.5. The van der Waals surface area contributed by atoms with Gasteiger partial charge in [0.25, 0.3) is 0 Å². The molecule has 0 atom stereocenters. The van der Waals surface area contributed by atoms with Gasteiger partial charge in [0, 0.05) is 34.4 Å². The Morgan fingerprint density at radius 3 is 2.15 bits per heavy atom. The Labute approximate surface area is 79.8 Å². The van der Waals surface area contributed by atoms with Crippen LogP contribution in [-0.4, -0.2) is 28.9 Å². The molecule has 2 rings (SSSR count). The van der Waals surface area contributed by atoms with Gasteiger partial charge in [0.15, 0.2) is 0 Å². The van der Waals surface area contributed by atoms with Crippen molar-refractivity contribution in [2.75, 3.05) is 24.7 Å². The van der Waals surface area contributed by atoms with E-state index in [1.807, 2.05) is 0 Å². The summed E-state index contributed by atoms with van der Waals surface area (Å²) < 4.78 is 24.3. The number of hydrogen-bond donors (Lipinski definition) is 1. The summed E-state index contributed by atoms with van der Waals surface area (Å²) in [6.07, 6.45) is 4.20. The lowest BCUT2D eigenvalue weighted by Gasteiger charge is -2.40. The van der Waals surface area contributed by atoms with Crippen LogP contribution < -0.4 is 0 Å². The van der Waals surface area contributed by atoms with Crippen molar-refractivity contribution >= 4 is 9.73 Å². The van der Waals surface area contributed by atoms with Crippen molar-refractivity contribution in [3.63, 3.8) is 0 Å². The number of nitrogens with one attached hydrogen (secondary N) is 1. The SMILES string of the molecule is N=S1(=O)CCC2(CCOCC2)CC1. The molecule has 1 spiro atoms. The Hall–Kier alpha value is -0.0900. The zero-order valence-electron chi connectivity index (χ0n) is 7.88. The van der Waals surface area contributed by atoms with Gasteiger partial charge in [-0.15, -0.1) is 0 Å². The second-order valence-electron chi connectivity index (χ2n) is 4.33. The first-order valence-electron chi connectivity index (χ1n) is 4.94. The minimum atomic E-state index is -2.20. The van der Waals surface area contributed by atoms with Crippen LogP contribution in [0.2, 0.25) is 0 Å². The molecule has 13 heavy (non-hydrogen) atoms. The highest BCUT2D eigenvalue weighted by atomic mass is 32.2. The molecule has 0 unspecified atom stereocenters. The van der Waals surface area contributed by atoms with Gasteiger partial charge in [-0.2, -0.15) is 0 Å². The summed E-state index contributed by atoms with van der Waals surface area (Å²) >= 11 is 0. The molecule has 2 saturated heterocycles. The standard InChI is InChI=1S/C9H17NO2S/c10-13(11)7-3-9(4-8-13)1-5-12-6-2-9/h10H,1-8H2. The zero-order chi connectivity index (χ0) is 9.36. The number of ether oxygens (including phenoxy) is 1. The van der Waals surface area contributed by atoms with Crippen molar-refractivity contribution in [2.45, 2.75) is 25.7 Å². The van der Waals surface area contributed by atoms with Gasteiger partial charge in [0.2, 0.25) is 0 Å². The van der Waals surface area contributed by atoms with Crippen molar-refractivity contribution in [1.82, 2.24) is 0 Å². The highest BCUT2D eigenvalue weighted by molar-refractivity contribution is 7.92.